The van der Waals surface area contributed by atoms with Crippen molar-refractivity contribution in [3.05, 3.63) is 47.9 Å². The first-order valence-electron chi connectivity index (χ1n) is 9.03. The summed E-state index contributed by atoms with van der Waals surface area (Å²) in [5.74, 6) is 0.975. The fourth-order valence-corrected chi connectivity index (χ4v) is 3.81. The summed E-state index contributed by atoms with van der Waals surface area (Å²) in [6.45, 7) is 7.08. The van der Waals surface area contributed by atoms with Gasteiger partial charge in [-0.05, 0) is 25.5 Å². The van der Waals surface area contributed by atoms with Crippen LogP contribution in [0.1, 0.15) is 17.8 Å². The third-order valence-electron chi connectivity index (χ3n) is 5.21. The number of hydrogen-bond donors (Lipinski definition) is 1. The topological polar surface area (TPSA) is 48.2 Å². The predicted molar refractivity (Wildman–Crippen MR) is 101 cm³/mol. The van der Waals surface area contributed by atoms with Crippen LogP contribution in [0.15, 0.2) is 41.5 Å². The van der Waals surface area contributed by atoms with Crippen LogP contribution in [0.5, 0.6) is 0 Å². The Morgan fingerprint density at radius 2 is 2.16 bits per heavy atom. The fraction of sp³-hybridized carbons (Fsp3) is 0.474. The lowest BCUT2D eigenvalue weighted by atomic mass is 10.2. The molecule has 0 aliphatic carbocycles. The van der Waals surface area contributed by atoms with Gasteiger partial charge in [-0.2, -0.15) is 0 Å². The second-order valence-electron chi connectivity index (χ2n) is 6.84. The number of hydrogen-bond acceptors (Lipinski definition) is 3. The molecular formula is C19H26N6. The summed E-state index contributed by atoms with van der Waals surface area (Å²) in [4.78, 5) is 14.1. The number of guanidine groups is 1. The van der Waals surface area contributed by atoms with Crippen LogP contribution in [0.4, 0.5) is 0 Å². The van der Waals surface area contributed by atoms with Crippen LogP contribution >= 0.6 is 0 Å². The fourth-order valence-electron chi connectivity index (χ4n) is 3.81. The SMILES string of the molecule is CN=C(NCc1cn2c(C)cccc2n1)N1CCC(N2CC=CC2)C1. The third kappa shape index (κ3) is 3.26. The van der Waals surface area contributed by atoms with Gasteiger partial charge in [-0.25, -0.2) is 4.98 Å². The van der Waals surface area contributed by atoms with E-state index < -0.39 is 0 Å². The van der Waals surface area contributed by atoms with Crippen molar-refractivity contribution in [2.24, 2.45) is 4.99 Å². The van der Waals surface area contributed by atoms with E-state index in [1.807, 2.05) is 19.2 Å². The molecule has 2 aromatic heterocycles. The van der Waals surface area contributed by atoms with Crippen molar-refractivity contribution in [2.75, 3.05) is 33.2 Å². The number of rotatable bonds is 3. The maximum Gasteiger partial charge on any atom is 0.194 e. The van der Waals surface area contributed by atoms with E-state index in [4.69, 9.17) is 4.98 Å². The van der Waals surface area contributed by atoms with Crippen molar-refractivity contribution >= 4 is 11.6 Å². The van der Waals surface area contributed by atoms with Gasteiger partial charge in [0.05, 0.1) is 12.2 Å². The molecule has 132 valence electrons. The van der Waals surface area contributed by atoms with E-state index in [1.165, 1.54) is 12.1 Å². The van der Waals surface area contributed by atoms with Gasteiger partial charge < -0.3 is 14.6 Å². The molecular weight excluding hydrogens is 312 g/mol. The Hall–Kier alpha value is -2.34. The minimum Gasteiger partial charge on any atom is -0.351 e. The van der Waals surface area contributed by atoms with Gasteiger partial charge in [0.15, 0.2) is 5.96 Å². The average Bonchev–Trinajstić information content (AvgIpc) is 3.36. The Labute approximate surface area is 148 Å². The molecule has 4 heterocycles. The lowest BCUT2D eigenvalue weighted by Crippen LogP contribution is -2.42. The summed E-state index contributed by atoms with van der Waals surface area (Å²) in [6, 6.07) is 6.82. The number of likely N-dealkylation sites (tertiary alicyclic amines) is 1. The molecule has 2 aromatic rings. The van der Waals surface area contributed by atoms with Gasteiger partial charge in [0, 0.05) is 51.2 Å². The van der Waals surface area contributed by atoms with E-state index in [1.54, 1.807) is 0 Å². The number of aliphatic imine (C=N–C) groups is 1. The molecule has 1 fully saturated rings. The highest BCUT2D eigenvalue weighted by Gasteiger charge is 2.29. The van der Waals surface area contributed by atoms with E-state index in [0.29, 0.717) is 12.6 Å². The first-order chi connectivity index (χ1) is 12.2. The second-order valence-corrected chi connectivity index (χ2v) is 6.84. The molecule has 6 nitrogen and oxygen atoms in total. The van der Waals surface area contributed by atoms with Crippen molar-refractivity contribution < 1.29 is 0 Å². The normalized spacial score (nSPS) is 21.6. The van der Waals surface area contributed by atoms with Crippen LogP contribution in [-0.4, -0.2) is 64.4 Å². The van der Waals surface area contributed by atoms with Gasteiger partial charge in [-0.15, -0.1) is 0 Å². The van der Waals surface area contributed by atoms with Gasteiger partial charge in [-0.1, -0.05) is 18.2 Å². The number of imidazole rings is 1. The number of nitrogens with one attached hydrogen (secondary N) is 1. The molecule has 0 amide bonds. The highest BCUT2D eigenvalue weighted by molar-refractivity contribution is 5.80. The molecule has 25 heavy (non-hydrogen) atoms. The number of aryl methyl sites for hydroxylation is 1. The molecule has 0 spiro atoms. The molecule has 0 radical (unpaired) electrons. The zero-order valence-electron chi connectivity index (χ0n) is 15.0. The van der Waals surface area contributed by atoms with Gasteiger partial charge in [0.1, 0.15) is 5.65 Å². The van der Waals surface area contributed by atoms with Crippen LogP contribution in [0.3, 0.4) is 0 Å². The summed E-state index contributed by atoms with van der Waals surface area (Å²) < 4.78 is 2.13. The Morgan fingerprint density at radius 3 is 2.92 bits per heavy atom. The number of pyridine rings is 1. The van der Waals surface area contributed by atoms with Crippen molar-refractivity contribution in [3.63, 3.8) is 0 Å². The highest BCUT2D eigenvalue weighted by atomic mass is 15.3. The Bertz CT molecular complexity index is 797. The Balaban J connectivity index is 1.38. The predicted octanol–water partition coefficient (Wildman–Crippen LogP) is 1.66. The molecule has 0 saturated carbocycles. The van der Waals surface area contributed by atoms with E-state index in [9.17, 15) is 0 Å². The van der Waals surface area contributed by atoms with E-state index >= 15 is 0 Å². The van der Waals surface area contributed by atoms with Crippen LogP contribution < -0.4 is 5.32 Å². The van der Waals surface area contributed by atoms with E-state index in [0.717, 1.165) is 43.5 Å². The first kappa shape index (κ1) is 16.1. The zero-order valence-corrected chi connectivity index (χ0v) is 15.0. The maximum atomic E-state index is 4.69. The summed E-state index contributed by atoms with van der Waals surface area (Å²) in [7, 11) is 1.86. The summed E-state index contributed by atoms with van der Waals surface area (Å²) >= 11 is 0. The number of fused-ring (bicyclic) bond motifs is 1. The quantitative estimate of drug-likeness (QED) is 0.525. The van der Waals surface area contributed by atoms with Crippen LogP contribution in [-0.2, 0) is 6.54 Å². The molecule has 2 aliphatic heterocycles. The number of aromatic nitrogens is 2. The van der Waals surface area contributed by atoms with E-state index in [2.05, 4.69) is 55.8 Å². The summed E-state index contributed by atoms with van der Waals surface area (Å²) in [5, 5.41) is 3.49. The monoisotopic (exact) mass is 338 g/mol. The number of nitrogens with zero attached hydrogens (tertiary/aromatic N) is 5. The molecule has 1 N–H and O–H groups in total. The second kappa shape index (κ2) is 6.88. The standard InChI is InChI=1S/C19H26N6/c1-15-6-5-7-18-22-16(13-25(15)18)12-21-19(20-2)24-11-8-17(14-24)23-9-3-4-10-23/h3-7,13,17H,8-12,14H2,1-2H3,(H,20,21). The van der Waals surface area contributed by atoms with Gasteiger partial charge >= 0.3 is 0 Å². The lowest BCUT2D eigenvalue weighted by Gasteiger charge is -2.25. The zero-order chi connectivity index (χ0) is 17.2. The molecule has 1 saturated heterocycles. The summed E-state index contributed by atoms with van der Waals surface area (Å²) in [6.07, 6.45) is 7.84. The van der Waals surface area contributed by atoms with Gasteiger partial charge in [-0.3, -0.25) is 9.89 Å². The average molecular weight is 338 g/mol. The van der Waals surface area contributed by atoms with Crippen molar-refractivity contribution in [1.82, 2.24) is 24.5 Å². The van der Waals surface area contributed by atoms with E-state index in [-0.39, 0.29) is 0 Å². The third-order valence-corrected chi connectivity index (χ3v) is 5.21. The lowest BCUT2D eigenvalue weighted by molar-refractivity contribution is 0.259. The largest absolute Gasteiger partial charge is 0.351 e. The molecule has 0 bridgehead atoms. The minimum absolute atomic E-state index is 0.631. The minimum atomic E-state index is 0.631. The first-order valence-corrected chi connectivity index (χ1v) is 9.03. The van der Waals surface area contributed by atoms with Gasteiger partial charge in [0.2, 0.25) is 0 Å². The molecule has 0 aromatic carbocycles. The Kier molecular flexibility index (Phi) is 4.44. The van der Waals surface area contributed by atoms with Crippen molar-refractivity contribution in [3.8, 4) is 0 Å². The smallest absolute Gasteiger partial charge is 0.194 e. The van der Waals surface area contributed by atoms with Crippen molar-refractivity contribution in [1.29, 1.82) is 0 Å². The van der Waals surface area contributed by atoms with Crippen LogP contribution in [0, 0.1) is 6.92 Å². The molecule has 1 unspecified atom stereocenters. The van der Waals surface area contributed by atoms with Gasteiger partial charge in [0.25, 0.3) is 0 Å². The van der Waals surface area contributed by atoms with Crippen LogP contribution in [0.2, 0.25) is 0 Å². The maximum absolute atomic E-state index is 4.69. The highest BCUT2D eigenvalue weighted by Crippen LogP contribution is 2.18. The van der Waals surface area contributed by atoms with Crippen molar-refractivity contribution in [2.45, 2.75) is 25.9 Å². The molecule has 1 atom stereocenters. The Morgan fingerprint density at radius 1 is 1.32 bits per heavy atom. The molecule has 4 rings (SSSR count). The van der Waals surface area contributed by atoms with Crippen LogP contribution in [0.25, 0.3) is 5.65 Å². The molecule has 2 aliphatic rings. The molecule has 6 heteroatoms. The summed E-state index contributed by atoms with van der Waals surface area (Å²) in [5.41, 5.74) is 3.23.